The van der Waals surface area contributed by atoms with Crippen LogP contribution in [0.5, 0.6) is 5.75 Å². The van der Waals surface area contributed by atoms with Gasteiger partial charge in [0.25, 0.3) is 0 Å². The molecule has 1 fully saturated rings. The van der Waals surface area contributed by atoms with Gasteiger partial charge >= 0.3 is 0 Å². The molecule has 7 heteroatoms. The predicted octanol–water partition coefficient (Wildman–Crippen LogP) is 6.27. The average Bonchev–Trinajstić information content (AvgIpc) is 3.72. The van der Waals surface area contributed by atoms with Gasteiger partial charge in [-0.3, -0.25) is 9.78 Å². The molecule has 2 aromatic heterocycles. The number of hydrogen-bond acceptors (Lipinski definition) is 6. The molecule has 6 nitrogen and oxygen atoms in total. The average molecular weight is 487 g/mol. The van der Waals surface area contributed by atoms with Gasteiger partial charge in [-0.05, 0) is 78.9 Å². The molecule has 3 N–H and O–H groups in total. The second-order valence-corrected chi connectivity index (χ2v) is 9.35. The Balaban J connectivity index is 1.64. The van der Waals surface area contributed by atoms with E-state index < -0.39 is 0 Å². The van der Waals surface area contributed by atoms with Crippen LogP contribution < -0.4 is 10.6 Å². The number of aromatic nitrogens is 2. The van der Waals surface area contributed by atoms with Gasteiger partial charge in [-0.25, -0.2) is 4.98 Å². The summed E-state index contributed by atoms with van der Waals surface area (Å²) in [4.78, 5) is 22.3. The summed E-state index contributed by atoms with van der Waals surface area (Å²) >= 11 is 6.32. The highest BCUT2D eigenvalue weighted by atomic mass is 35.5. The van der Waals surface area contributed by atoms with Gasteiger partial charge in [-0.1, -0.05) is 30.7 Å². The number of hydrogen-bond donors (Lipinski definition) is 3. The van der Waals surface area contributed by atoms with E-state index >= 15 is 0 Å². The van der Waals surface area contributed by atoms with Crippen molar-refractivity contribution in [2.45, 2.75) is 32.7 Å². The molecule has 1 saturated carbocycles. The van der Waals surface area contributed by atoms with E-state index in [2.05, 4.69) is 20.6 Å². The Hall–Kier alpha value is -3.48. The second kappa shape index (κ2) is 9.64. The first kappa shape index (κ1) is 23.3. The minimum atomic E-state index is 0.0620. The van der Waals surface area contributed by atoms with Crippen molar-refractivity contribution in [3.05, 3.63) is 76.6 Å². The van der Waals surface area contributed by atoms with Crippen molar-refractivity contribution in [3.63, 3.8) is 0 Å². The van der Waals surface area contributed by atoms with E-state index in [4.69, 9.17) is 11.6 Å². The van der Waals surface area contributed by atoms with Gasteiger partial charge in [0.15, 0.2) is 5.78 Å². The van der Waals surface area contributed by atoms with Gasteiger partial charge in [0.1, 0.15) is 11.6 Å². The lowest BCUT2D eigenvalue weighted by Gasteiger charge is -2.15. The molecule has 0 amide bonds. The minimum absolute atomic E-state index is 0.0620. The maximum absolute atomic E-state index is 13.2. The first-order chi connectivity index (χ1) is 17.0. The molecule has 0 atom stereocenters. The number of aryl methyl sites for hydroxylation is 1. The zero-order valence-corrected chi connectivity index (χ0v) is 20.5. The quantitative estimate of drug-likeness (QED) is 0.254. The number of phenolic OH excluding ortho intramolecular Hbond substituents is 1. The number of benzene rings is 2. The number of phenols is 1. The third kappa shape index (κ3) is 4.72. The lowest BCUT2D eigenvalue weighted by molar-refractivity contribution is 0.0968. The number of rotatable bonds is 8. The van der Waals surface area contributed by atoms with E-state index in [-0.39, 0.29) is 17.5 Å². The topological polar surface area (TPSA) is 87.1 Å². The van der Waals surface area contributed by atoms with Crippen LogP contribution in [0.2, 0.25) is 5.02 Å². The third-order valence-corrected chi connectivity index (χ3v) is 6.68. The summed E-state index contributed by atoms with van der Waals surface area (Å²) in [6, 6.07) is 13.6. The number of halogens is 1. The molecule has 35 heavy (non-hydrogen) atoms. The summed E-state index contributed by atoms with van der Waals surface area (Å²) in [5.74, 6) is 0.952. The summed E-state index contributed by atoms with van der Waals surface area (Å²) in [5, 5.41) is 17.9. The Bertz CT molecular complexity index is 1420. The van der Waals surface area contributed by atoms with Crippen LogP contribution in [0.15, 0.2) is 54.9 Å². The van der Waals surface area contributed by atoms with Gasteiger partial charge in [0.05, 0.1) is 21.8 Å². The van der Waals surface area contributed by atoms with Gasteiger partial charge < -0.3 is 15.7 Å². The number of anilines is 2. The van der Waals surface area contributed by atoms with Gasteiger partial charge in [-0.2, -0.15) is 0 Å². The first-order valence-electron chi connectivity index (χ1n) is 11.8. The van der Waals surface area contributed by atoms with Crippen LogP contribution in [-0.4, -0.2) is 27.9 Å². The highest BCUT2D eigenvalue weighted by Gasteiger charge is 2.32. The first-order valence-corrected chi connectivity index (χ1v) is 12.2. The number of carbonyl (C=O) groups excluding carboxylic acids is 1. The van der Waals surface area contributed by atoms with Crippen LogP contribution in [-0.2, 0) is 13.0 Å². The number of ketones is 1. The number of fused-ring (bicyclic) bond motifs is 1. The molecule has 1 aliphatic carbocycles. The van der Waals surface area contributed by atoms with Crippen molar-refractivity contribution in [2.24, 2.45) is 5.92 Å². The third-order valence-electron chi connectivity index (χ3n) is 6.40. The second-order valence-electron chi connectivity index (χ2n) is 8.94. The Morgan fingerprint density at radius 3 is 2.60 bits per heavy atom. The van der Waals surface area contributed by atoms with Gasteiger partial charge in [-0.15, -0.1) is 0 Å². The molecule has 1 aliphatic rings. The number of aromatic hydroxyl groups is 1. The fourth-order valence-corrected chi connectivity index (χ4v) is 4.53. The zero-order chi connectivity index (χ0) is 24.5. The summed E-state index contributed by atoms with van der Waals surface area (Å²) in [7, 11) is 1.90. The molecule has 5 rings (SSSR count). The lowest BCUT2D eigenvalue weighted by Crippen LogP contribution is -2.09. The molecular formula is C28H27ClN4O2. The van der Waals surface area contributed by atoms with E-state index in [9.17, 15) is 9.90 Å². The number of carbonyl (C=O) groups is 1. The van der Waals surface area contributed by atoms with E-state index in [1.54, 1.807) is 12.3 Å². The zero-order valence-electron chi connectivity index (χ0n) is 19.7. The van der Waals surface area contributed by atoms with Crippen LogP contribution in [0, 0.1) is 5.92 Å². The molecule has 178 valence electrons. The fraction of sp³-hybridized carbons (Fsp3) is 0.250. The fourth-order valence-electron chi connectivity index (χ4n) is 4.29. The molecule has 0 aliphatic heterocycles. The SMILES string of the molecule is CCc1cc(-c2ccc3ncc(C(=O)C4CC4)c(Nc4ccc(CNC)cn4)c3c2)cc(Cl)c1O. The van der Waals surface area contributed by atoms with Crippen molar-refractivity contribution in [1.29, 1.82) is 0 Å². The molecule has 0 unspecified atom stereocenters. The normalized spacial score (nSPS) is 13.2. The summed E-state index contributed by atoms with van der Waals surface area (Å²) < 4.78 is 0. The van der Waals surface area contributed by atoms with Gasteiger partial charge in [0.2, 0.25) is 0 Å². The maximum Gasteiger partial charge on any atom is 0.169 e. The molecule has 2 heterocycles. The summed E-state index contributed by atoms with van der Waals surface area (Å²) in [6.45, 7) is 2.71. The van der Waals surface area contributed by atoms with Crippen molar-refractivity contribution < 1.29 is 9.90 Å². The molecule has 2 aromatic carbocycles. The smallest absolute Gasteiger partial charge is 0.169 e. The van der Waals surface area contributed by atoms with E-state index in [1.807, 2.05) is 56.6 Å². The largest absolute Gasteiger partial charge is 0.506 e. The molecule has 0 saturated heterocycles. The lowest BCUT2D eigenvalue weighted by atomic mass is 9.97. The van der Waals surface area contributed by atoms with Crippen molar-refractivity contribution in [2.75, 3.05) is 12.4 Å². The molecular weight excluding hydrogens is 460 g/mol. The van der Waals surface area contributed by atoms with Crippen LogP contribution in [0.1, 0.15) is 41.3 Å². The highest BCUT2D eigenvalue weighted by molar-refractivity contribution is 6.32. The van der Waals surface area contributed by atoms with Crippen molar-refractivity contribution in [3.8, 4) is 16.9 Å². The Kier molecular flexibility index (Phi) is 6.41. The van der Waals surface area contributed by atoms with Crippen LogP contribution in [0.25, 0.3) is 22.0 Å². The molecule has 0 bridgehead atoms. The predicted molar refractivity (Wildman–Crippen MR) is 141 cm³/mol. The Morgan fingerprint density at radius 1 is 1.09 bits per heavy atom. The standard InChI is InChI=1S/C28H27ClN4O2/c1-3-17-10-20(12-23(29)28(17)35)19-7-8-24-21(11-19)26(22(15-31-24)27(34)18-5-6-18)33-25-9-4-16(13-30-2)14-32-25/h4,7-12,14-15,18,30,35H,3,5-6,13H2,1-2H3,(H,31,32,33). The number of nitrogens with zero attached hydrogens (tertiary/aromatic N) is 2. The maximum atomic E-state index is 13.2. The molecule has 4 aromatic rings. The van der Waals surface area contributed by atoms with Crippen LogP contribution in [0.4, 0.5) is 11.5 Å². The number of pyridine rings is 2. The monoisotopic (exact) mass is 486 g/mol. The highest BCUT2D eigenvalue weighted by Crippen LogP contribution is 2.39. The van der Waals surface area contributed by atoms with E-state index in [0.717, 1.165) is 52.5 Å². The number of nitrogens with one attached hydrogen (secondary N) is 2. The minimum Gasteiger partial charge on any atom is -0.506 e. The summed E-state index contributed by atoms with van der Waals surface area (Å²) in [5.41, 5.74) is 5.74. The van der Waals surface area contributed by atoms with E-state index in [1.165, 1.54) is 0 Å². The molecule has 0 radical (unpaired) electrons. The van der Waals surface area contributed by atoms with Gasteiger partial charge in [0, 0.05) is 30.2 Å². The van der Waals surface area contributed by atoms with Crippen molar-refractivity contribution >= 4 is 39.8 Å². The van der Waals surface area contributed by atoms with Crippen LogP contribution >= 0.6 is 11.6 Å². The van der Waals surface area contributed by atoms with Crippen molar-refractivity contribution in [1.82, 2.24) is 15.3 Å². The van der Waals surface area contributed by atoms with Crippen LogP contribution in [0.3, 0.4) is 0 Å². The number of Topliss-reactive ketones (excluding diaryl/α,β-unsaturated/α-hetero) is 1. The Morgan fingerprint density at radius 2 is 1.91 bits per heavy atom. The van der Waals surface area contributed by atoms with E-state index in [0.29, 0.717) is 28.5 Å². The molecule has 0 spiro atoms. The Labute approximate surface area is 209 Å². The summed E-state index contributed by atoms with van der Waals surface area (Å²) in [6.07, 6.45) is 5.99.